The summed E-state index contributed by atoms with van der Waals surface area (Å²) in [6.45, 7) is 11.0. The zero-order chi connectivity index (χ0) is 17.7. The van der Waals surface area contributed by atoms with Crippen LogP contribution in [0.5, 0.6) is 0 Å². The third-order valence-corrected chi connectivity index (χ3v) is 4.85. The lowest BCUT2D eigenvalue weighted by molar-refractivity contribution is 0.697. The number of nitrogen functional groups attached to an aromatic ring is 1. The number of allylic oxidation sites excluding steroid dienone is 1. The van der Waals surface area contributed by atoms with Gasteiger partial charge in [0, 0.05) is 5.69 Å². The van der Waals surface area contributed by atoms with Gasteiger partial charge in [-0.05, 0) is 66.0 Å². The highest BCUT2D eigenvalue weighted by Crippen LogP contribution is 2.32. The molecule has 0 saturated heterocycles. The van der Waals surface area contributed by atoms with E-state index in [-0.39, 0.29) is 0 Å². The number of aryl methyl sites for hydroxylation is 1. The van der Waals surface area contributed by atoms with Crippen molar-refractivity contribution in [1.82, 2.24) is 4.98 Å². The van der Waals surface area contributed by atoms with Gasteiger partial charge in [0.2, 0.25) is 0 Å². The van der Waals surface area contributed by atoms with Crippen molar-refractivity contribution in [2.75, 3.05) is 5.73 Å². The van der Waals surface area contributed by atoms with Gasteiger partial charge in [-0.3, -0.25) is 0 Å². The van der Waals surface area contributed by atoms with Gasteiger partial charge < -0.3 is 5.73 Å². The van der Waals surface area contributed by atoms with E-state index in [1.807, 2.05) is 0 Å². The molecule has 2 aromatic rings. The van der Waals surface area contributed by atoms with Crippen LogP contribution in [-0.2, 0) is 6.42 Å². The molecule has 0 aliphatic rings. The molecule has 1 atom stereocenters. The molecule has 24 heavy (non-hydrogen) atoms. The number of nitrogens with two attached hydrogens (primary N) is 1. The lowest BCUT2D eigenvalue weighted by Gasteiger charge is -2.19. The lowest BCUT2D eigenvalue weighted by atomic mass is 9.89. The quantitative estimate of drug-likeness (QED) is 0.708. The number of benzene rings is 1. The first kappa shape index (κ1) is 18.3. The summed E-state index contributed by atoms with van der Waals surface area (Å²) in [5.74, 6) is 1.06. The summed E-state index contributed by atoms with van der Waals surface area (Å²) < 4.78 is 0. The Morgan fingerprint density at radius 2 is 1.92 bits per heavy atom. The second kappa shape index (κ2) is 8.14. The Labute approximate surface area is 146 Å². The SMILES string of the molecule is CC/C(=C\c1ccccc1C)c1cc(N)nc(C(C)CC)c1CC. The number of nitrogens with zero attached hydrogens (tertiary/aromatic N) is 1. The molecule has 0 bridgehead atoms. The summed E-state index contributed by atoms with van der Waals surface area (Å²) >= 11 is 0. The van der Waals surface area contributed by atoms with E-state index in [2.05, 4.69) is 76.0 Å². The third kappa shape index (κ3) is 3.87. The summed E-state index contributed by atoms with van der Waals surface area (Å²) in [7, 11) is 0. The van der Waals surface area contributed by atoms with Crippen molar-refractivity contribution in [2.24, 2.45) is 0 Å². The minimum atomic E-state index is 0.429. The highest BCUT2D eigenvalue weighted by molar-refractivity contribution is 5.84. The molecule has 0 aliphatic carbocycles. The maximum Gasteiger partial charge on any atom is 0.124 e. The maximum atomic E-state index is 6.15. The van der Waals surface area contributed by atoms with Gasteiger partial charge in [0.05, 0.1) is 0 Å². The van der Waals surface area contributed by atoms with E-state index in [4.69, 9.17) is 5.73 Å². The fraction of sp³-hybridized carbons (Fsp3) is 0.409. The standard InChI is InChI=1S/C22H30N2/c1-6-15(4)22-19(8-3)20(14-21(23)24-22)17(7-2)13-18-12-10-9-11-16(18)5/h9-15H,6-8H2,1-5H3,(H2,23,24)/b17-13+. The van der Waals surface area contributed by atoms with E-state index < -0.39 is 0 Å². The first-order valence-electron chi connectivity index (χ1n) is 9.07. The number of rotatable bonds is 6. The number of pyridine rings is 1. The average molecular weight is 322 g/mol. The Balaban J connectivity index is 2.64. The molecule has 2 nitrogen and oxygen atoms in total. The molecule has 1 aromatic heterocycles. The number of aromatic nitrogens is 1. The molecule has 0 fully saturated rings. The Hall–Kier alpha value is -2.09. The van der Waals surface area contributed by atoms with Crippen LogP contribution < -0.4 is 5.73 Å². The van der Waals surface area contributed by atoms with Crippen LogP contribution in [0.4, 0.5) is 5.82 Å². The molecule has 1 unspecified atom stereocenters. The van der Waals surface area contributed by atoms with Crippen LogP contribution in [0.15, 0.2) is 30.3 Å². The smallest absolute Gasteiger partial charge is 0.124 e. The van der Waals surface area contributed by atoms with Crippen LogP contribution >= 0.6 is 0 Å². The van der Waals surface area contributed by atoms with Gasteiger partial charge in [0.1, 0.15) is 5.82 Å². The van der Waals surface area contributed by atoms with E-state index >= 15 is 0 Å². The van der Waals surface area contributed by atoms with Crippen molar-refractivity contribution in [1.29, 1.82) is 0 Å². The summed E-state index contributed by atoms with van der Waals surface area (Å²) in [4.78, 5) is 4.67. The molecule has 0 saturated carbocycles. The van der Waals surface area contributed by atoms with Gasteiger partial charge >= 0.3 is 0 Å². The molecule has 2 heteroatoms. The van der Waals surface area contributed by atoms with Crippen LogP contribution in [0.2, 0.25) is 0 Å². The molecule has 128 valence electrons. The molecule has 0 amide bonds. The van der Waals surface area contributed by atoms with Gasteiger partial charge in [-0.25, -0.2) is 4.98 Å². The maximum absolute atomic E-state index is 6.15. The molecule has 0 aliphatic heterocycles. The Morgan fingerprint density at radius 3 is 2.50 bits per heavy atom. The summed E-state index contributed by atoms with van der Waals surface area (Å²) in [5.41, 5.74) is 13.8. The van der Waals surface area contributed by atoms with E-state index in [9.17, 15) is 0 Å². The van der Waals surface area contributed by atoms with E-state index in [0.29, 0.717) is 11.7 Å². The largest absolute Gasteiger partial charge is 0.384 e. The molecule has 0 spiro atoms. The van der Waals surface area contributed by atoms with Crippen molar-refractivity contribution in [2.45, 2.75) is 59.8 Å². The predicted octanol–water partition coefficient (Wildman–Crippen LogP) is 6.00. The van der Waals surface area contributed by atoms with Gasteiger partial charge in [-0.15, -0.1) is 0 Å². The minimum Gasteiger partial charge on any atom is -0.384 e. The number of hydrogen-bond donors (Lipinski definition) is 1. The second-order valence-corrected chi connectivity index (χ2v) is 6.50. The van der Waals surface area contributed by atoms with Gasteiger partial charge in [0.25, 0.3) is 0 Å². The molecule has 2 N–H and O–H groups in total. The van der Waals surface area contributed by atoms with E-state index in [1.54, 1.807) is 0 Å². The van der Waals surface area contributed by atoms with Gasteiger partial charge in [-0.2, -0.15) is 0 Å². The fourth-order valence-corrected chi connectivity index (χ4v) is 3.18. The number of anilines is 1. The highest BCUT2D eigenvalue weighted by atomic mass is 14.8. The zero-order valence-corrected chi connectivity index (χ0v) is 15.7. The second-order valence-electron chi connectivity index (χ2n) is 6.50. The number of hydrogen-bond acceptors (Lipinski definition) is 2. The van der Waals surface area contributed by atoms with Crippen molar-refractivity contribution < 1.29 is 0 Å². The van der Waals surface area contributed by atoms with Crippen LogP contribution in [0.25, 0.3) is 11.6 Å². The van der Waals surface area contributed by atoms with Crippen LogP contribution in [0.1, 0.15) is 74.4 Å². The van der Waals surface area contributed by atoms with E-state index in [1.165, 1.54) is 33.5 Å². The fourth-order valence-electron chi connectivity index (χ4n) is 3.18. The predicted molar refractivity (Wildman–Crippen MR) is 106 cm³/mol. The highest BCUT2D eigenvalue weighted by Gasteiger charge is 2.17. The van der Waals surface area contributed by atoms with Gasteiger partial charge in [-0.1, -0.05) is 58.0 Å². The lowest BCUT2D eigenvalue weighted by Crippen LogP contribution is -2.08. The van der Waals surface area contributed by atoms with Crippen molar-refractivity contribution in [3.05, 3.63) is 58.3 Å². The molecule has 2 rings (SSSR count). The molecule has 0 radical (unpaired) electrons. The normalized spacial score (nSPS) is 13.1. The Morgan fingerprint density at radius 1 is 1.21 bits per heavy atom. The van der Waals surface area contributed by atoms with Crippen LogP contribution in [-0.4, -0.2) is 4.98 Å². The molecular formula is C22H30N2. The summed E-state index contributed by atoms with van der Waals surface area (Å²) in [6.07, 6.45) is 5.34. The zero-order valence-electron chi connectivity index (χ0n) is 15.7. The van der Waals surface area contributed by atoms with E-state index in [0.717, 1.165) is 19.3 Å². The summed E-state index contributed by atoms with van der Waals surface area (Å²) in [6, 6.07) is 10.6. The van der Waals surface area contributed by atoms with Crippen molar-refractivity contribution in [3.63, 3.8) is 0 Å². The first-order chi connectivity index (χ1) is 11.5. The molecule has 1 heterocycles. The van der Waals surface area contributed by atoms with Crippen LogP contribution in [0.3, 0.4) is 0 Å². The Bertz CT molecular complexity index is 729. The molecule has 1 aromatic carbocycles. The topological polar surface area (TPSA) is 38.9 Å². The molecular weight excluding hydrogens is 292 g/mol. The summed E-state index contributed by atoms with van der Waals surface area (Å²) in [5, 5.41) is 0. The monoisotopic (exact) mass is 322 g/mol. The third-order valence-electron chi connectivity index (χ3n) is 4.85. The minimum absolute atomic E-state index is 0.429. The average Bonchev–Trinajstić information content (AvgIpc) is 2.59. The van der Waals surface area contributed by atoms with Crippen LogP contribution in [0, 0.1) is 6.92 Å². The van der Waals surface area contributed by atoms with Gasteiger partial charge in [0.15, 0.2) is 0 Å². The Kier molecular flexibility index (Phi) is 6.19. The van der Waals surface area contributed by atoms with Crippen molar-refractivity contribution >= 4 is 17.5 Å². The first-order valence-corrected chi connectivity index (χ1v) is 9.07. The van der Waals surface area contributed by atoms with Crippen molar-refractivity contribution in [3.8, 4) is 0 Å².